The quantitative estimate of drug-likeness (QED) is 0.659. The number of halogens is 1. The van der Waals surface area contributed by atoms with Gasteiger partial charge in [-0.1, -0.05) is 0 Å². The number of aryl methyl sites for hydroxylation is 1. The summed E-state index contributed by atoms with van der Waals surface area (Å²) >= 11 is 0. The first kappa shape index (κ1) is 11.5. The van der Waals surface area contributed by atoms with Crippen LogP contribution in [0.4, 0.5) is 10.1 Å². The number of phenolic OH excluding ortho intramolecular Hbond substituents is 1. The lowest BCUT2D eigenvalue weighted by Crippen LogP contribution is -1.93. The summed E-state index contributed by atoms with van der Waals surface area (Å²) in [4.78, 5) is 4.36. The minimum atomic E-state index is -0.335. The van der Waals surface area contributed by atoms with Gasteiger partial charge in [-0.2, -0.15) is 0 Å². The Hall–Kier alpha value is -2.56. The summed E-state index contributed by atoms with van der Waals surface area (Å²) in [6, 6.07) is 9.27. The highest BCUT2D eigenvalue weighted by Crippen LogP contribution is 2.31. The maximum absolute atomic E-state index is 13.2. The van der Waals surface area contributed by atoms with Crippen LogP contribution in [0.3, 0.4) is 0 Å². The summed E-state index contributed by atoms with van der Waals surface area (Å²) in [5, 5.41) is 9.94. The predicted octanol–water partition coefficient (Wildman–Crippen LogP) is 2.67. The van der Waals surface area contributed by atoms with E-state index in [-0.39, 0.29) is 11.6 Å². The topological polar surface area (TPSA) is 64.1 Å². The largest absolute Gasteiger partial charge is 0.507 e. The molecule has 0 unspecified atom stereocenters. The van der Waals surface area contributed by atoms with Gasteiger partial charge in [0.05, 0.1) is 16.6 Å². The van der Waals surface area contributed by atoms with Gasteiger partial charge in [0.25, 0.3) is 0 Å². The van der Waals surface area contributed by atoms with Gasteiger partial charge in [0, 0.05) is 24.9 Å². The summed E-state index contributed by atoms with van der Waals surface area (Å²) in [6.07, 6.45) is 0. The van der Waals surface area contributed by atoms with Crippen LogP contribution in [-0.2, 0) is 7.05 Å². The molecule has 96 valence electrons. The molecular formula is C14H12FN3O. The van der Waals surface area contributed by atoms with Gasteiger partial charge in [0.2, 0.25) is 0 Å². The number of aromatic hydroxyl groups is 1. The van der Waals surface area contributed by atoms with Crippen molar-refractivity contribution in [2.45, 2.75) is 0 Å². The first-order valence-corrected chi connectivity index (χ1v) is 5.77. The van der Waals surface area contributed by atoms with Crippen LogP contribution in [0.25, 0.3) is 22.4 Å². The number of aromatic nitrogens is 2. The lowest BCUT2D eigenvalue weighted by molar-refractivity contribution is 0.477. The average molecular weight is 257 g/mol. The minimum Gasteiger partial charge on any atom is -0.507 e. The summed E-state index contributed by atoms with van der Waals surface area (Å²) in [5.74, 6) is 0.288. The van der Waals surface area contributed by atoms with E-state index in [0.717, 1.165) is 5.52 Å². The third-order valence-electron chi connectivity index (χ3n) is 3.11. The van der Waals surface area contributed by atoms with Crippen molar-refractivity contribution in [3.63, 3.8) is 0 Å². The summed E-state index contributed by atoms with van der Waals surface area (Å²) in [5.41, 5.74) is 7.99. The van der Waals surface area contributed by atoms with E-state index < -0.39 is 0 Å². The SMILES string of the molecule is Cn1c(-c2ccc(N)cc2O)nc2cc(F)ccc21. The minimum absolute atomic E-state index is 0.0545. The van der Waals surface area contributed by atoms with E-state index in [0.29, 0.717) is 22.6 Å². The van der Waals surface area contributed by atoms with E-state index in [1.807, 2.05) is 7.05 Å². The molecule has 3 N–H and O–H groups in total. The van der Waals surface area contributed by atoms with Crippen LogP contribution in [0.2, 0.25) is 0 Å². The fourth-order valence-corrected chi connectivity index (χ4v) is 2.15. The third-order valence-corrected chi connectivity index (χ3v) is 3.11. The molecule has 0 aliphatic carbocycles. The Balaban J connectivity index is 2.27. The molecular weight excluding hydrogens is 245 g/mol. The van der Waals surface area contributed by atoms with Crippen molar-refractivity contribution >= 4 is 16.7 Å². The Morgan fingerprint density at radius 1 is 1.21 bits per heavy atom. The van der Waals surface area contributed by atoms with Gasteiger partial charge in [-0.3, -0.25) is 0 Å². The molecule has 2 aromatic carbocycles. The second-order valence-corrected chi connectivity index (χ2v) is 4.40. The van der Waals surface area contributed by atoms with Crippen LogP contribution in [0.15, 0.2) is 36.4 Å². The van der Waals surface area contributed by atoms with E-state index in [2.05, 4.69) is 4.98 Å². The summed E-state index contributed by atoms with van der Waals surface area (Å²) < 4.78 is 15.0. The molecule has 4 nitrogen and oxygen atoms in total. The molecule has 0 radical (unpaired) electrons. The number of fused-ring (bicyclic) bond motifs is 1. The summed E-state index contributed by atoms with van der Waals surface area (Å²) in [6.45, 7) is 0. The van der Waals surface area contributed by atoms with Crippen LogP contribution in [0.5, 0.6) is 5.75 Å². The molecule has 0 amide bonds. The van der Waals surface area contributed by atoms with E-state index >= 15 is 0 Å². The normalized spacial score (nSPS) is 11.1. The molecule has 0 saturated carbocycles. The zero-order valence-electron chi connectivity index (χ0n) is 10.3. The number of nitrogen functional groups attached to an aromatic ring is 1. The first-order valence-electron chi connectivity index (χ1n) is 5.77. The Labute approximate surface area is 108 Å². The zero-order chi connectivity index (χ0) is 13.6. The summed E-state index contributed by atoms with van der Waals surface area (Å²) in [7, 11) is 1.82. The second-order valence-electron chi connectivity index (χ2n) is 4.40. The standard InChI is InChI=1S/C14H12FN3O/c1-18-12-5-2-8(15)6-11(12)17-14(18)10-4-3-9(16)7-13(10)19/h2-7,19H,16H2,1H3. The molecule has 0 spiro atoms. The number of hydrogen-bond acceptors (Lipinski definition) is 3. The van der Waals surface area contributed by atoms with E-state index in [1.165, 1.54) is 18.2 Å². The van der Waals surface area contributed by atoms with Crippen LogP contribution in [-0.4, -0.2) is 14.7 Å². The van der Waals surface area contributed by atoms with Crippen molar-refractivity contribution in [1.29, 1.82) is 0 Å². The smallest absolute Gasteiger partial charge is 0.144 e. The number of hydrogen-bond donors (Lipinski definition) is 2. The highest BCUT2D eigenvalue weighted by atomic mass is 19.1. The van der Waals surface area contributed by atoms with Crippen molar-refractivity contribution in [1.82, 2.24) is 9.55 Å². The molecule has 1 heterocycles. The Morgan fingerprint density at radius 2 is 2.00 bits per heavy atom. The van der Waals surface area contributed by atoms with E-state index in [1.54, 1.807) is 22.8 Å². The fraction of sp³-hybridized carbons (Fsp3) is 0.0714. The molecule has 1 aromatic heterocycles. The average Bonchev–Trinajstić information content (AvgIpc) is 2.66. The number of benzene rings is 2. The maximum atomic E-state index is 13.2. The molecule has 0 saturated heterocycles. The van der Waals surface area contributed by atoms with Crippen molar-refractivity contribution in [2.75, 3.05) is 5.73 Å². The van der Waals surface area contributed by atoms with Gasteiger partial charge in [-0.05, 0) is 24.3 Å². The fourth-order valence-electron chi connectivity index (χ4n) is 2.15. The van der Waals surface area contributed by atoms with Crippen molar-refractivity contribution in [3.05, 3.63) is 42.2 Å². The van der Waals surface area contributed by atoms with E-state index in [4.69, 9.17) is 5.73 Å². The number of nitrogens with two attached hydrogens (primary N) is 1. The van der Waals surface area contributed by atoms with Gasteiger partial charge < -0.3 is 15.4 Å². The lowest BCUT2D eigenvalue weighted by atomic mass is 10.1. The number of imidazole rings is 1. The monoisotopic (exact) mass is 257 g/mol. The molecule has 3 aromatic rings. The zero-order valence-corrected chi connectivity index (χ0v) is 10.3. The molecule has 5 heteroatoms. The number of rotatable bonds is 1. The molecule has 0 atom stereocenters. The van der Waals surface area contributed by atoms with Crippen LogP contribution < -0.4 is 5.73 Å². The molecule has 3 rings (SSSR count). The highest BCUT2D eigenvalue weighted by Gasteiger charge is 2.13. The van der Waals surface area contributed by atoms with Gasteiger partial charge >= 0.3 is 0 Å². The van der Waals surface area contributed by atoms with Gasteiger partial charge in [-0.25, -0.2) is 9.37 Å². The van der Waals surface area contributed by atoms with Crippen LogP contribution in [0.1, 0.15) is 0 Å². The molecule has 0 bridgehead atoms. The maximum Gasteiger partial charge on any atom is 0.144 e. The number of nitrogens with zero attached hydrogens (tertiary/aromatic N) is 2. The lowest BCUT2D eigenvalue weighted by Gasteiger charge is -2.05. The Bertz CT molecular complexity index is 780. The molecule has 0 aliphatic heterocycles. The van der Waals surface area contributed by atoms with Gasteiger partial charge in [0.1, 0.15) is 17.4 Å². The van der Waals surface area contributed by atoms with Gasteiger partial charge in [-0.15, -0.1) is 0 Å². The number of anilines is 1. The highest BCUT2D eigenvalue weighted by molar-refractivity contribution is 5.82. The molecule has 0 aliphatic rings. The van der Waals surface area contributed by atoms with Gasteiger partial charge in [0.15, 0.2) is 0 Å². The predicted molar refractivity (Wildman–Crippen MR) is 72.2 cm³/mol. The third kappa shape index (κ3) is 1.79. The molecule has 0 fully saturated rings. The van der Waals surface area contributed by atoms with Crippen molar-refractivity contribution < 1.29 is 9.50 Å². The molecule has 19 heavy (non-hydrogen) atoms. The van der Waals surface area contributed by atoms with Crippen LogP contribution in [0, 0.1) is 5.82 Å². The van der Waals surface area contributed by atoms with Crippen molar-refractivity contribution in [2.24, 2.45) is 7.05 Å². The second kappa shape index (κ2) is 3.98. The van der Waals surface area contributed by atoms with Crippen molar-refractivity contribution in [3.8, 4) is 17.1 Å². The van der Waals surface area contributed by atoms with Crippen LogP contribution >= 0.6 is 0 Å². The van der Waals surface area contributed by atoms with E-state index in [9.17, 15) is 9.50 Å². The Morgan fingerprint density at radius 3 is 2.74 bits per heavy atom. The first-order chi connectivity index (χ1) is 9.06. The number of phenols is 1. The Kier molecular flexibility index (Phi) is 2.41.